The van der Waals surface area contributed by atoms with E-state index in [2.05, 4.69) is 5.92 Å². The Hall–Kier alpha value is -1.25. The van der Waals surface area contributed by atoms with Gasteiger partial charge in [-0.05, 0) is 13.8 Å². The average molecular weight is 200 g/mol. The maximum absolute atomic E-state index is 10.8. The molecule has 0 atom stereocenters. The molecule has 0 rings (SSSR count). The number of hydrazine groups is 1. The van der Waals surface area contributed by atoms with Gasteiger partial charge in [-0.1, -0.05) is 5.92 Å². The fraction of sp³-hybridized carbons (Fsp3) is 0.667. The van der Waals surface area contributed by atoms with Gasteiger partial charge >= 0.3 is 6.09 Å². The van der Waals surface area contributed by atoms with Crippen molar-refractivity contribution in [2.24, 2.45) is 5.84 Å². The van der Waals surface area contributed by atoms with Crippen molar-refractivity contribution in [3.8, 4) is 12.3 Å². The number of ether oxygens (including phenoxy) is 2. The van der Waals surface area contributed by atoms with Crippen LogP contribution in [0.4, 0.5) is 4.79 Å². The molecular formula is C9H16N2O3. The summed E-state index contributed by atoms with van der Waals surface area (Å²) in [5, 5.41) is 0. The molecule has 0 aliphatic heterocycles. The minimum atomic E-state index is -0.660. The second kappa shape index (κ2) is 6.24. The van der Waals surface area contributed by atoms with Gasteiger partial charge < -0.3 is 9.47 Å². The van der Waals surface area contributed by atoms with E-state index in [0.29, 0.717) is 13.0 Å². The van der Waals surface area contributed by atoms with Crippen LogP contribution in [0.15, 0.2) is 0 Å². The summed E-state index contributed by atoms with van der Waals surface area (Å²) < 4.78 is 10.0. The van der Waals surface area contributed by atoms with Gasteiger partial charge in [-0.2, -0.15) is 0 Å². The molecule has 1 amide bonds. The molecule has 0 saturated carbocycles. The topological polar surface area (TPSA) is 73.6 Å². The molecule has 14 heavy (non-hydrogen) atoms. The third kappa shape index (κ3) is 6.29. The standard InChI is InChI=1S/C9H16N2O3/c1-4-6-13-7-5-9(2,3)14-8(12)11-10/h1H,5-7,10H2,2-3H3,(H,11,12). The summed E-state index contributed by atoms with van der Waals surface area (Å²) in [6, 6.07) is 0. The van der Waals surface area contributed by atoms with Crippen LogP contribution in [0.25, 0.3) is 0 Å². The fourth-order valence-corrected chi connectivity index (χ4v) is 0.780. The molecule has 0 heterocycles. The highest BCUT2D eigenvalue weighted by atomic mass is 16.6. The van der Waals surface area contributed by atoms with E-state index in [-0.39, 0.29) is 6.61 Å². The molecule has 5 nitrogen and oxygen atoms in total. The van der Waals surface area contributed by atoms with Crippen LogP contribution in [-0.4, -0.2) is 24.9 Å². The number of amides is 1. The lowest BCUT2D eigenvalue weighted by atomic mass is 10.1. The summed E-state index contributed by atoms with van der Waals surface area (Å²) in [6.45, 7) is 4.23. The number of hydrogen-bond donors (Lipinski definition) is 2. The molecule has 0 saturated heterocycles. The van der Waals surface area contributed by atoms with E-state index in [0.717, 1.165) is 0 Å². The van der Waals surface area contributed by atoms with Gasteiger partial charge in [-0.15, -0.1) is 6.42 Å². The van der Waals surface area contributed by atoms with Crippen LogP contribution in [0, 0.1) is 12.3 Å². The van der Waals surface area contributed by atoms with Gasteiger partial charge in [-0.25, -0.2) is 10.6 Å². The molecule has 80 valence electrons. The Labute approximate surface area is 83.9 Å². The highest BCUT2D eigenvalue weighted by Crippen LogP contribution is 2.14. The zero-order chi connectivity index (χ0) is 11.0. The van der Waals surface area contributed by atoms with E-state index >= 15 is 0 Å². The Morgan fingerprint density at radius 3 is 2.79 bits per heavy atom. The summed E-state index contributed by atoms with van der Waals surface area (Å²) in [6.07, 6.45) is 4.89. The first-order chi connectivity index (χ1) is 6.52. The van der Waals surface area contributed by atoms with Gasteiger partial charge in [0.05, 0.1) is 6.61 Å². The van der Waals surface area contributed by atoms with Crippen molar-refractivity contribution in [2.45, 2.75) is 25.9 Å². The highest BCUT2D eigenvalue weighted by molar-refractivity contribution is 5.66. The van der Waals surface area contributed by atoms with Crippen molar-refractivity contribution in [3.63, 3.8) is 0 Å². The van der Waals surface area contributed by atoms with Gasteiger partial charge in [0.15, 0.2) is 0 Å². The minimum absolute atomic E-state index is 0.263. The molecule has 0 aliphatic rings. The molecular weight excluding hydrogens is 184 g/mol. The van der Waals surface area contributed by atoms with Crippen LogP contribution in [0.3, 0.4) is 0 Å². The van der Waals surface area contributed by atoms with E-state index in [1.807, 2.05) is 5.43 Å². The predicted molar refractivity (Wildman–Crippen MR) is 52.2 cm³/mol. The third-order valence-electron chi connectivity index (χ3n) is 1.52. The fourth-order valence-electron chi connectivity index (χ4n) is 0.780. The molecule has 0 spiro atoms. The minimum Gasteiger partial charge on any atom is -0.443 e. The predicted octanol–water partition coefficient (Wildman–Crippen LogP) is 0.405. The van der Waals surface area contributed by atoms with Gasteiger partial charge in [0, 0.05) is 6.42 Å². The first-order valence-corrected chi connectivity index (χ1v) is 4.22. The molecule has 0 aromatic heterocycles. The highest BCUT2D eigenvalue weighted by Gasteiger charge is 2.21. The van der Waals surface area contributed by atoms with E-state index in [4.69, 9.17) is 21.7 Å². The van der Waals surface area contributed by atoms with E-state index < -0.39 is 11.7 Å². The lowest BCUT2D eigenvalue weighted by Gasteiger charge is -2.24. The van der Waals surface area contributed by atoms with Gasteiger partial charge in [0.25, 0.3) is 0 Å². The zero-order valence-corrected chi connectivity index (χ0v) is 8.50. The van der Waals surface area contributed by atoms with Crippen molar-refractivity contribution >= 4 is 6.09 Å². The number of carbonyl (C=O) groups excluding carboxylic acids is 1. The van der Waals surface area contributed by atoms with Crippen LogP contribution < -0.4 is 11.3 Å². The first kappa shape index (κ1) is 12.8. The Balaban J connectivity index is 3.72. The Kier molecular flexibility index (Phi) is 5.68. The molecule has 0 radical (unpaired) electrons. The summed E-state index contributed by atoms with van der Waals surface area (Å²) in [7, 11) is 0. The van der Waals surface area contributed by atoms with Gasteiger partial charge in [-0.3, -0.25) is 5.43 Å². The first-order valence-electron chi connectivity index (χ1n) is 4.22. The number of carbonyl (C=O) groups is 1. The van der Waals surface area contributed by atoms with Gasteiger partial charge in [0.2, 0.25) is 0 Å². The third-order valence-corrected chi connectivity index (χ3v) is 1.52. The average Bonchev–Trinajstić information content (AvgIpc) is 2.12. The summed E-state index contributed by atoms with van der Waals surface area (Å²) in [4.78, 5) is 10.8. The molecule has 5 heteroatoms. The smallest absolute Gasteiger partial charge is 0.421 e. The van der Waals surface area contributed by atoms with Gasteiger partial charge in [0.1, 0.15) is 12.2 Å². The maximum Gasteiger partial charge on any atom is 0.421 e. The quantitative estimate of drug-likeness (QED) is 0.221. The van der Waals surface area contributed by atoms with Crippen molar-refractivity contribution in [3.05, 3.63) is 0 Å². The molecule has 0 fully saturated rings. The Bertz CT molecular complexity index is 221. The monoisotopic (exact) mass is 200 g/mol. The summed E-state index contributed by atoms with van der Waals surface area (Å²) in [5.74, 6) is 7.22. The molecule has 0 bridgehead atoms. The second-order valence-electron chi connectivity index (χ2n) is 3.30. The molecule has 0 aromatic carbocycles. The molecule has 0 unspecified atom stereocenters. The summed E-state index contributed by atoms with van der Waals surface area (Å²) >= 11 is 0. The zero-order valence-electron chi connectivity index (χ0n) is 8.50. The molecule has 0 aliphatic carbocycles. The molecule has 3 N–H and O–H groups in total. The number of nitrogens with one attached hydrogen (secondary N) is 1. The van der Waals surface area contributed by atoms with E-state index in [1.165, 1.54) is 0 Å². The maximum atomic E-state index is 10.8. The van der Waals surface area contributed by atoms with Crippen molar-refractivity contribution in [1.29, 1.82) is 0 Å². The number of terminal acetylenes is 1. The SMILES string of the molecule is C#CCOCCC(C)(C)OC(=O)NN. The number of hydrogen-bond acceptors (Lipinski definition) is 4. The van der Waals surface area contributed by atoms with E-state index in [1.54, 1.807) is 13.8 Å². The lowest BCUT2D eigenvalue weighted by molar-refractivity contribution is 0.0116. The number of rotatable bonds is 5. The molecule has 0 aromatic rings. The van der Waals surface area contributed by atoms with Crippen molar-refractivity contribution < 1.29 is 14.3 Å². The van der Waals surface area contributed by atoms with Crippen LogP contribution in [0.1, 0.15) is 20.3 Å². The van der Waals surface area contributed by atoms with E-state index in [9.17, 15) is 4.79 Å². The lowest BCUT2D eigenvalue weighted by Crippen LogP contribution is -2.38. The van der Waals surface area contributed by atoms with Crippen molar-refractivity contribution in [1.82, 2.24) is 5.43 Å². The normalized spacial score (nSPS) is 10.4. The largest absolute Gasteiger partial charge is 0.443 e. The van der Waals surface area contributed by atoms with Crippen LogP contribution in [0.2, 0.25) is 0 Å². The number of nitrogens with two attached hydrogens (primary N) is 1. The van der Waals surface area contributed by atoms with Crippen LogP contribution >= 0.6 is 0 Å². The van der Waals surface area contributed by atoms with Crippen LogP contribution in [-0.2, 0) is 9.47 Å². The van der Waals surface area contributed by atoms with Crippen molar-refractivity contribution in [2.75, 3.05) is 13.2 Å². The Morgan fingerprint density at radius 2 is 2.29 bits per heavy atom. The summed E-state index contributed by atoms with van der Waals surface area (Å²) in [5.41, 5.74) is 1.28. The van der Waals surface area contributed by atoms with Crippen LogP contribution in [0.5, 0.6) is 0 Å². The second-order valence-corrected chi connectivity index (χ2v) is 3.30. The Morgan fingerprint density at radius 1 is 1.64 bits per heavy atom.